The second-order valence-corrected chi connectivity index (χ2v) is 7.87. The lowest BCUT2D eigenvalue weighted by Crippen LogP contribution is -2.26. The third-order valence-corrected chi connectivity index (χ3v) is 5.92. The first-order valence-electron chi connectivity index (χ1n) is 9.91. The summed E-state index contributed by atoms with van der Waals surface area (Å²) in [4.78, 5) is 17.9. The van der Waals surface area contributed by atoms with Crippen LogP contribution < -0.4 is 16.0 Å². The second-order valence-electron chi connectivity index (χ2n) is 7.87. The summed E-state index contributed by atoms with van der Waals surface area (Å²) in [5.41, 5.74) is 6.34. The smallest absolute Gasteiger partial charge is 0.384 e. The number of anilines is 2. The SMILES string of the molecule is Nc1ccc(/C=C/C(=O)NCCC2[C@H]3CN(c4cccc(C(F)(F)F)c4)C[C@@H]23)cn1. The minimum Gasteiger partial charge on any atom is -0.384 e. The van der Waals surface area contributed by atoms with E-state index in [9.17, 15) is 18.0 Å². The van der Waals surface area contributed by atoms with E-state index >= 15 is 0 Å². The van der Waals surface area contributed by atoms with Crippen LogP contribution in [-0.2, 0) is 11.0 Å². The Balaban J connectivity index is 1.20. The molecule has 2 heterocycles. The van der Waals surface area contributed by atoms with Crippen molar-refractivity contribution in [2.75, 3.05) is 30.3 Å². The Morgan fingerprint density at radius 3 is 2.67 bits per heavy atom. The van der Waals surface area contributed by atoms with Gasteiger partial charge in [0.1, 0.15) is 5.82 Å². The number of carbonyl (C=O) groups excluding carboxylic acids is 1. The van der Waals surface area contributed by atoms with Crippen LogP contribution in [-0.4, -0.2) is 30.5 Å². The predicted octanol–water partition coefficient (Wildman–Crippen LogP) is 3.58. The molecule has 5 nitrogen and oxygen atoms in total. The topological polar surface area (TPSA) is 71.2 Å². The van der Waals surface area contributed by atoms with Gasteiger partial charge in [0.05, 0.1) is 5.56 Å². The van der Waals surface area contributed by atoms with Gasteiger partial charge in [-0.2, -0.15) is 13.2 Å². The number of piperidine rings is 1. The van der Waals surface area contributed by atoms with Gasteiger partial charge in [0, 0.05) is 37.6 Å². The number of hydrogen-bond acceptors (Lipinski definition) is 4. The number of nitrogens with zero attached hydrogens (tertiary/aromatic N) is 2. The van der Waals surface area contributed by atoms with Gasteiger partial charge in [-0.3, -0.25) is 4.79 Å². The second kappa shape index (κ2) is 8.01. The first kappa shape index (κ1) is 20.3. The molecule has 0 radical (unpaired) electrons. The summed E-state index contributed by atoms with van der Waals surface area (Å²) < 4.78 is 38.7. The molecule has 1 saturated heterocycles. The molecule has 1 aliphatic heterocycles. The Hall–Kier alpha value is -3.03. The van der Waals surface area contributed by atoms with Gasteiger partial charge in [0.15, 0.2) is 0 Å². The first-order chi connectivity index (χ1) is 14.3. The first-order valence-corrected chi connectivity index (χ1v) is 9.91. The number of rotatable bonds is 6. The fourth-order valence-corrected chi connectivity index (χ4v) is 4.28. The Morgan fingerprint density at radius 1 is 1.23 bits per heavy atom. The molecule has 0 bridgehead atoms. The van der Waals surface area contributed by atoms with Crippen molar-refractivity contribution in [1.82, 2.24) is 10.3 Å². The highest BCUT2D eigenvalue weighted by molar-refractivity contribution is 5.91. The predicted molar refractivity (Wildman–Crippen MR) is 109 cm³/mol. The molecule has 1 saturated carbocycles. The average Bonchev–Trinajstić information content (AvgIpc) is 3.16. The molecule has 4 rings (SSSR count). The lowest BCUT2D eigenvalue weighted by atomic mass is 10.1. The van der Waals surface area contributed by atoms with Gasteiger partial charge in [-0.1, -0.05) is 6.07 Å². The number of carbonyl (C=O) groups is 1. The van der Waals surface area contributed by atoms with Crippen molar-refractivity contribution in [3.8, 4) is 0 Å². The molecule has 1 unspecified atom stereocenters. The fourth-order valence-electron chi connectivity index (χ4n) is 4.28. The van der Waals surface area contributed by atoms with E-state index in [-0.39, 0.29) is 5.91 Å². The van der Waals surface area contributed by atoms with E-state index in [1.165, 1.54) is 18.2 Å². The molecule has 158 valence electrons. The van der Waals surface area contributed by atoms with Gasteiger partial charge in [0.2, 0.25) is 5.91 Å². The van der Waals surface area contributed by atoms with E-state index in [0.29, 0.717) is 35.8 Å². The van der Waals surface area contributed by atoms with Crippen molar-refractivity contribution in [2.45, 2.75) is 12.6 Å². The van der Waals surface area contributed by atoms with Crippen LogP contribution in [0.3, 0.4) is 0 Å². The Kier molecular flexibility index (Phi) is 5.40. The molecule has 30 heavy (non-hydrogen) atoms. The number of nitrogens with one attached hydrogen (secondary N) is 1. The summed E-state index contributed by atoms with van der Waals surface area (Å²) in [6.45, 7) is 2.13. The number of alkyl halides is 3. The van der Waals surface area contributed by atoms with Crippen LogP contribution >= 0.6 is 0 Å². The van der Waals surface area contributed by atoms with Gasteiger partial charge in [-0.05, 0) is 66.1 Å². The van der Waals surface area contributed by atoms with E-state index in [1.54, 1.807) is 30.5 Å². The zero-order valence-electron chi connectivity index (χ0n) is 16.3. The van der Waals surface area contributed by atoms with Gasteiger partial charge >= 0.3 is 6.18 Å². The standard InChI is InChI=1S/C22H23F3N4O/c23-22(24,25)15-2-1-3-16(10-15)29-12-18-17(19(18)13-29)8-9-27-21(30)7-5-14-4-6-20(26)28-11-14/h1-7,10-11,17-19H,8-9,12-13H2,(H2,26,28)(H,27,30)/b7-5+/t17?,18-,19+. The molecular weight excluding hydrogens is 393 g/mol. The number of benzene rings is 1. The summed E-state index contributed by atoms with van der Waals surface area (Å²) in [5.74, 6) is 1.78. The molecule has 8 heteroatoms. The van der Waals surface area contributed by atoms with Crippen LogP contribution in [0.1, 0.15) is 17.5 Å². The van der Waals surface area contributed by atoms with E-state index in [2.05, 4.69) is 10.3 Å². The number of hydrogen-bond donors (Lipinski definition) is 2. The molecular formula is C22H23F3N4O. The maximum atomic E-state index is 12.9. The largest absolute Gasteiger partial charge is 0.416 e. The summed E-state index contributed by atoms with van der Waals surface area (Å²) in [6, 6.07) is 8.98. The Morgan fingerprint density at radius 2 is 2.00 bits per heavy atom. The Bertz CT molecular complexity index is 930. The van der Waals surface area contributed by atoms with Crippen LogP contribution in [0, 0.1) is 17.8 Å². The summed E-state index contributed by atoms with van der Waals surface area (Å²) in [5, 5.41) is 2.88. The van der Waals surface area contributed by atoms with Crippen molar-refractivity contribution in [1.29, 1.82) is 0 Å². The zero-order chi connectivity index (χ0) is 21.3. The van der Waals surface area contributed by atoms with Gasteiger partial charge in [-0.15, -0.1) is 0 Å². The fraction of sp³-hybridized carbons (Fsp3) is 0.364. The van der Waals surface area contributed by atoms with Crippen molar-refractivity contribution in [2.24, 2.45) is 17.8 Å². The molecule has 1 aromatic carbocycles. The van der Waals surface area contributed by atoms with Crippen LogP contribution in [0.15, 0.2) is 48.7 Å². The molecule has 2 fully saturated rings. The molecule has 1 aromatic heterocycles. The normalized spacial score (nSPS) is 22.9. The monoisotopic (exact) mass is 416 g/mol. The van der Waals surface area contributed by atoms with E-state index in [1.807, 2.05) is 4.90 Å². The van der Waals surface area contributed by atoms with Crippen molar-refractivity contribution in [3.63, 3.8) is 0 Å². The molecule has 3 atom stereocenters. The molecule has 2 aromatic rings. The van der Waals surface area contributed by atoms with Crippen LogP contribution in [0.25, 0.3) is 6.08 Å². The van der Waals surface area contributed by atoms with E-state index in [4.69, 9.17) is 5.73 Å². The number of fused-ring (bicyclic) bond motifs is 1. The number of nitrogen functional groups attached to an aromatic ring is 1. The van der Waals surface area contributed by atoms with Crippen LogP contribution in [0.2, 0.25) is 0 Å². The van der Waals surface area contributed by atoms with Crippen molar-refractivity contribution < 1.29 is 18.0 Å². The lowest BCUT2D eigenvalue weighted by Gasteiger charge is -2.23. The minimum absolute atomic E-state index is 0.164. The van der Waals surface area contributed by atoms with Crippen molar-refractivity contribution >= 4 is 23.5 Å². The number of nitrogens with two attached hydrogens (primary N) is 1. The van der Waals surface area contributed by atoms with E-state index in [0.717, 1.165) is 31.1 Å². The molecule has 1 aliphatic carbocycles. The van der Waals surface area contributed by atoms with Gasteiger partial charge in [-0.25, -0.2) is 4.98 Å². The maximum Gasteiger partial charge on any atom is 0.416 e. The molecule has 0 spiro atoms. The number of aromatic nitrogens is 1. The van der Waals surface area contributed by atoms with Crippen LogP contribution in [0.5, 0.6) is 0 Å². The van der Waals surface area contributed by atoms with Crippen molar-refractivity contribution in [3.05, 3.63) is 59.8 Å². The zero-order valence-corrected chi connectivity index (χ0v) is 16.3. The molecule has 1 amide bonds. The third kappa shape index (κ3) is 4.58. The number of halogens is 3. The number of amides is 1. The lowest BCUT2D eigenvalue weighted by molar-refractivity contribution is -0.137. The van der Waals surface area contributed by atoms with Gasteiger partial charge < -0.3 is 16.0 Å². The number of pyridine rings is 1. The average molecular weight is 416 g/mol. The maximum absolute atomic E-state index is 12.9. The quantitative estimate of drug-likeness (QED) is 0.706. The summed E-state index contributed by atoms with van der Waals surface area (Å²) >= 11 is 0. The molecule has 2 aliphatic rings. The molecule has 3 N–H and O–H groups in total. The summed E-state index contributed by atoms with van der Waals surface area (Å²) in [6.07, 6.45) is 1.31. The minimum atomic E-state index is -4.32. The third-order valence-electron chi connectivity index (χ3n) is 5.92. The highest BCUT2D eigenvalue weighted by atomic mass is 19.4. The van der Waals surface area contributed by atoms with Gasteiger partial charge in [0.25, 0.3) is 0 Å². The highest BCUT2D eigenvalue weighted by Gasteiger charge is 2.54. The van der Waals surface area contributed by atoms with Crippen LogP contribution in [0.4, 0.5) is 24.7 Å². The highest BCUT2D eigenvalue weighted by Crippen LogP contribution is 2.54. The summed E-state index contributed by atoms with van der Waals surface area (Å²) in [7, 11) is 0. The van der Waals surface area contributed by atoms with E-state index < -0.39 is 11.7 Å². The Labute approximate surface area is 172 Å².